The number of hydrogen-bond donors (Lipinski definition) is 0. The van der Waals surface area contributed by atoms with Crippen LogP contribution in [0.25, 0.3) is 0 Å². The molecule has 0 heterocycles. The van der Waals surface area contributed by atoms with Gasteiger partial charge < -0.3 is 0 Å². The summed E-state index contributed by atoms with van der Waals surface area (Å²) in [4.78, 5) is 9.67. The van der Waals surface area contributed by atoms with Gasteiger partial charge in [0.25, 0.3) is 0 Å². The van der Waals surface area contributed by atoms with Crippen LogP contribution in [0.4, 0.5) is 4.39 Å². The summed E-state index contributed by atoms with van der Waals surface area (Å²) in [5.41, 5.74) is 0.748. The molecular formula is C8H7BrFNO2. The van der Waals surface area contributed by atoms with Gasteiger partial charge in [0.2, 0.25) is 6.54 Å². The van der Waals surface area contributed by atoms with Crippen LogP contribution < -0.4 is 0 Å². The van der Waals surface area contributed by atoms with Gasteiger partial charge in [0.15, 0.2) is 0 Å². The molecule has 3 nitrogen and oxygen atoms in total. The van der Waals surface area contributed by atoms with Crippen LogP contribution in [0, 0.1) is 15.9 Å². The minimum Gasteiger partial charge on any atom is -0.265 e. The third-order valence-corrected chi connectivity index (χ3v) is 2.32. The fraction of sp³-hybridized carbons (Fsp3) is 0.250. The molecular weight excluding hydrogens is 241 g/mol. The number of halogens is 2. The van der Waals surface area contributed by atoms with E-state index in [-0.39, 0.29) is 12.4 Å². The number of nitro groups is 1. The molecule has 70 valence electrons. The van der Waals surface area contributed by atoms with Gasteiger partial charge >= 0.3 is 0 Å². The van der Waals surface area contributed by atoms with Gasteiger partial charge in [-0.05, 0) is 17.7 Å². The first kappa shape index (κ1) is 10.1. The van der Waals surface area contributed by atoms with Crippen molar-refractivity contribution in [3.63, 3.8) is 0 Å². The molecule has 0 aromatic heterocycles. The Morgan fingerprint density at radius 1 is 1.54 bits per heavy atom. The first-order chi connectivity index (χ1) is 6.09. The molecule has 0 saturated carbocycles. The Labute approximate surface area is 82.8 Å². The molecule has 0 radical (unpaired) electrons. The Bertz CT molecular complexity index is 330. The lowest BCUT2D eigenvalue weighted by Crippen LogP contribution is -2.04. The molecule has 0 saturated heterocycles. The van der Waals surface area contributed by atoms with Gasteiger partial charge in [-0.25, -0.2) is 4.39 Å². The van der Waals surface area contributed by atoms with E-state index in [2.05, 4.69) is 15.9 Å². The maximum Gasteiger partial charge on any atom is 0.207 e. The standard InChI is InChI=1S/C8H7BrFNO2/c9-8-5-7(10)2-1-6(8)3-4-11(12)13/h1-2,5H,3-4H2. The highest BCUT2D eigenvalue weighted by Gasteiger charge is 2.04. The molecule has 0 aliphatic carbocycles. The molecule has 0 N–H and O–H groups in total. The van der Waals surface area contributed by atoms with Gasteiger partial charge in [0.05, 0.1) is 0 Å². The lowest BCUT2D eigenvalue weighted by Gasteiger charge is -2.00. The summed E-state index contributed by atoms with van der Waals surface area (Å²) in [7, 11) is 0. The van der Waals surface area contributed by atoms with Crippen molar-refractivity contribution in [1.29, 1.82) is 0 Å². The zero-order valence-electron chi connectivity index (χ0n) is 6.67. The molecule has 0 bridgehead atoms. The minimum absolute atomic E-state index is 0.135. The lowest BCUT2D eigenvalue weighted by atomic mass is 10.1. The second kappa shape index (κ2) is 4.32. The average Bonchev–Trinajstić information content (AvgIpc) is 2.02. The summed E-state index contributed by atoms with van der Waals surface area (Å²) >= 11 is 3.13. The van der Waals surface area contributed by atoms with E-state index < -0.39 is 4.92 Å². The second-order valence-corrected chi connectivity index (χ2v) is 3.40. The molecule has 0 aliphatic heterocycles. The van der Waals surface area contributed by atoms with Crippen molar-refractivity contribution in [3.8, 4) is 0 Å². The number of benzene rings is 1. The fourth-order valence-electron chi connectivity index (χ4n) is 0.936. The van der Waals surface area contributed by atoms with Gasteiger partial charge in [-0.1, -0.05) is 22.0 Å². The van der Waals surface area contributed by atoms with E-state index in [0.29, 0.717) is 10.9 Å². The van der Waals surface area contributed by atoms with E-state index in [9.17, 15) is 14.5 Å². The highest BCUT2D eigenvalue weighted by Crippen LogP contribution is 2.18. The predicted molar refractivity (Wildman–Crippen MR) is 49.7 cm³/mol. The van der Waals surface area contributed by atoms with Crippen molar-refractivity contribution in [1.82, 2.24) is 0 Å². The van der Waals surface area contributed by atoms with Crippen LogP contribution >= 0.6 is 15.9 Å². The number of nitrogens with zero attached hydrogens (tertiary/aromatic N) is 1. The van der Waals surface area contributed by atoms with Crippen LogP contribution in [-0.4, -0.2) is 11.5 Å². The second-order valence-electron chi connectivity index (χ2n) is 2.54. The van der Waals surface area contributed by atoms with Gasteiger partial charge in [0, 0.05) is 15.8 Å². The van der Waals surface area contributed by atoms with Crippen molar-refractivity contribution < 1.29 is 9.31 Å². The average molecular weight is 248 g/mol. The topological polar surface area (TPSA) is 43.1 Å². The maximum absolute atomic E-state index is 12.6. The summed E-state index contributed by atoms with van der Waals surface area (Å²) in [5, 5.41) is 10.1. The van der Waals surface area contributed by atoms with Crippen LogP contribution in [0.15, 0.2) is 22.7 Å². The molecule has 1 aromatic rings. The van der Waals surface area contributed by atoms with Gasteiger partial charge in [-0.3, -0.25) is 10.1 Å². The molecule has 0 spiro atoms. The third kappa shape index (κ3) is 3.10. The summed E-state index contributed by atoms with van der Waals surface area (Å²) in [6.07, 6.45) is 0.313. The Balaban J connectivity index is 2.72. The van der Waals surface area contributed by atoms with Crippen molar-refractivity contribution in [2.24, 2.45) is 0 Å². The van der Waals surface area contributed by atoms with E-state index in [1.54, 1.807) is 6.07 Å². The first-order valence-electron chi connectivity index (χ1n) is 3.65. The summed E-state index contributed by atoms with van der Waals surface area (Å²) in [5.74, 6) is -0.350. The van der Waals surface area contributed by atoms with E-state index in [1.165, 1.54) is 12.1 Å². The Morgan fingerprint density at radius 2 is 2.23 bits per heavy atom. The molecule has 13 heavy (non-hydrogen) atoms. The highest BCUT2D eigenvalue weighted by atomic mass is 79.9. The zero-order chi connectivity index (χ0) is 9.84. The molecule has 5 heteroatoms. The van der Waals surface area contributed by atoms with Crippen LogP contribution in [0.1, 0.15) is 5.56 Å². The molecule has 0 unspecified atom stereocenters. The van der Waals surface area contributed by atoms with Crippen molar-refractivity contribution >= 4 is 15.9 Å². The van der Waals surface area contributed by atoms with Gasteiger partial charge in [0.1, 0.15) is 5.82 Å². The van der Waals surface area contributed by atoms with Gasteiger partial charge in [-0.15, -0.1) is 0 Å². The molecule has 0 atom stereocenters. The lowest BCUT2D eigenvalue weighted by molar-refractivity contribution is -0.479. The predicted octanol–water partition coefficient (Wildman–Crippen LogP) is 2.41. The van der Waals surface area contributed by atoms with Crippen molar-refractivity contribution in [2.75, 3.05) is 6.54 Å². The van der Waals surface area contributed by atoms with E-state index in [1.807, 2.05) is 0 Å². The van der Waals surface area contributed by atoms with Crippen LogP contribution in [-0.2, 0) is 6.42 Å². The van der Waals surface area contributed by atoms with Crippen LogP contribution in [0.5, 0.6) is 0 Å². The molecule has 1 aromatic carbocycles. The van der Waals surface area contributed by atoms with Crippen molar-refractivity contribution in [2.45, 2.75) is 6.42 Å². The monoisotopic (exact) mass is 247 g/mol. The van der Waals surface area contributed by atoms with Crippen molar-refractivity contribution in [3.05, 3.63) is 44.2 Å². The quantitative estimate of drug-likeness (QED) is 0.608. The zero-order valence-corrected chi connectivity index (χ0v) is 8.25. The van der Waals surface area contributed by atoms with E-state index >= 15 is 0 Å². The van der Waals surface area contributed by atoms with Crippen LogP contribution in [0.3, 0.4) is 0 Å². The molecule has 1 rings (SSSR count). The number of rotatable bonds is 3. The summed E-state index contributed by atoms with van der Waals surface area (Å²) in [6.45, 7) is -0.135. The maximum atomic E-state index is 12.6. The fourth-order valence-corrected chi connectivity index (χ4v) is 1.49. The Kier molecular flexibility index (Phi) is 3.36. The highest BCUT2D eigenvalue weighted by molar-refractivity contribution is 9.10. The third-order valence-electron chi connectivity index (χ3n) is 1.58. The Morgan fingerprint density at radius 3 is 2.77 bits per heavy atom. The largest absolute Gasteiger partial charge is 0.265 e. The smallest absolute Gasteiger partial charge is 0.207 e. The minimum atomic E-state index is -0.393. The first-order valence-corrected chi connectivity index (χ1v) is 4.44. The molecule has 0 amide bonds. The van der Waals surface area contributed by atoms with E-state index in [4.69, 9.17) is 0 Å². The normalized spacial score (nSPS) is 10.0. The molecule has 0 fully saturated rings. The van der Waals surface area contributed by atoms with Gasteiger partial charge in [-0.2, -0.15) is 0 Å². The summed E-state index contributed by atoms with van der Waals surface area (Å²) < 4.78 is 13.2. The number of hydrogen-bond acceptors (Lipinski definition) is 2. The summed E-state index contributed by atoms with van der Waals surface area (Å²) in [6, 6.07) is 4.14. The SMILES string of the molecule is O=[N+]([O-])CCc1ccc(F)cc1Br. The molecule has 0 aliphatic rings. The van der Waals surface area contributed by atoms with Crippen LogP contribution in [0.2, 0.25) is 0 Å². The Hall–Kier alpha value is -0.970. The van der Waals surface area contributed by atoms with E-state index in [0.717, 1.165) is 5.56 Å².